The molecule has 4 heteroatoms. The number of hydrogen-bond donors (Lipinski definition) is 2. The number of carbonyl (C=O) groups excluding carboxylic acids is 1. The maximum atomic E-state index is 11.3. The molecule has 120 valence electrons. The third-order valence-electron chi connectivity index (χ3n) is 4.51. The van der Waals surface area contributed by atoms with Crippen LogP contribution in [0.2, 0.25) is 0 Å². The minimum atomic E-state index is -0.385. The van der Waals surface area contributed by atoms with E-state index in [9.17, 15) is 4.79 Å². The summed E-state index contributed by atoms with van der Waals surface area (Å²) in [6.45, 7) is 5.10. The fourth-order valence-electron chi connectivity index (χ4n) is 3.09. The Balaban J connectivity index is 1.59. The number of carbonyl (C=O) groups is 1. The minimum Gasteiger partial charge on any atom is -0.384 e. The molecule has 1 fully saturated rings. The van der Waals surface area contributed by atoms with Crippen LogP contribution in [-0.4, -0.2) is 25.5 Å². The lowest BCUT2D eigenvalue weighted by Gasteiger charge is -2.19. The highest BCUT2D eigenvalue weighted by atomic mass is 16.1. The molecule has 1 atom stereocenters. The van der Waals surface area contributed by atoms with Gasteiger partial charge in [-0.25, -0.2) is 0 Å². The van der Waals surface area contributed by atoms with Crippen LogP contribution in [0.25, 0.3) is 0 Å². The zero-order chi connectivity index (χ0) is 16.2. The Bertz CT molecular complexity index is 684. The Hall–Kier alpha value is -2.49. The Morgan fingerprint density at radius 3 is 2.78 bits per heavy atom. The third kappa shape index (κ3) is 3.65. The molecular formula is C19H23N3O. The average molecular weight is 309 g/mol. The molecule has 0 spiro atoms. The van der Waals surface area contributed by atoms with Crippen LogP contribution in [0.15, 0.2) is 48.5 Å². The Labute approximate surface area is 137 Å². The molecule has 1 aliphatic rings. The quantitative estimate of drug-likeness (QED) is 0.892. The van der Waals surface area contributed by atoms with E-state index < -0.39 is 0 Å². The highest BCUT2D eigenvalue weighted by molar-refractivity contribution is 5.94. The molecule has 1 unspecified atom stereocenters. The molecule has 2 aromatic rings. The molecule has 4 nitrogen and oxygen atoms in total. The number of primary amides is 1. The number of anilines is 2. The first-order chi connectivity index (χ1) is 11.1. The van der Waals surface area contributed by atoms with Crippen molar-refractivity contribution in [3.63, 3.8) is 0 Å². The molecule has 1 heterocycles. The van der Waals surface area contributed by atoms with Crippen molar-refractivity contribution in [2.24, 2.45) is 11.7 Å². The summed E-state index contributed by atoms with van der Waals surface area (Å²) in [4.78, 5) is 13.7. The summed E-state index contributed by atoms with van der Waals surface area (Å²) in [6.07, 6.45) is 1.18. The topological polar surface area (TPSA) is 58.4 Å². The maximum Gasteiger partial charge on any atom is 0.248 e. The molecule has 23 heavy (non-hydrogen) atoms. The maximum absolute atomic E-state index is 11.3. The van der Waals surface area contributed by atoms with E-state index in [1.807, 2.05) is 25.1 Å². The van der Waals surface area contributed by atoms with Crippen molar-refractivity contribution < 1.29 is 4.79 Å². The van der Waals surface area contributed by atoms with Crippen molar-refractivity contribution in [3.05, 3.63) is 59.7 Å². The van der Waals surface area contributed by atoms with Crippen LogP contribution in [0.1, 0.15) is 22.3 Å². The first kappa shape index (κ1) is 15.4. The van der Waals surface area contributed by atoms with E-state index in [0.717, 1.165) is 30.9 Å². The summed E-state index contributed by atoms with van der Waals surface area (Å²) >= 11 is 0. The normalized spacial score (nSPS) is 17.3. The van der Waals surface area contributed by atoms with Gasteiger partial charge in [-0.05, 0) is 49.1 Å². The van der Waals surface area contributed by atoms with Crippen LogP contribution in [0.3, 0.4) is 0 Å². The molecular weight excluding hydrogens is 286 g/mol. The van der Waals surface area contributed by atoms with Gasteiger partial charge in [-0.15, -0.1) is 0 Å². The first-order valence-electron chi connectivity index (χ1n) is 8.08. The summed E-state index contributed by atoms with van der Waals surface area (Å²) in [5.74, 6) is 0.219. The van der Waals surface area contributed by atoms with Crippen molar-refractivity contribution >= 4 is 17.3 Å². The lowest BCUT2D eigenvalue weighted by atomic mass is 10.1. The number of benzene rings is 2. The molecule has 1 aliphatic heterocycles. The molecule has 0 aromatic heterocycles. The zero-order valence-corrected chi connectivity index (χ0v) is 13.5. The number of nitrogens with two attached hydrogens (primary N) is 1. The second-order valence-corrected chi connectivity index (χ2v) is 6.21. The monoisotopic (exact) mass is 309 g/mol. The Kier molecular flexibility index (Phi) is 4.51. The summed E-state index contributed by atoms with van der Waals surface area (Å²) in [6, 6.07) is 16.1. The van der Waals surface area contributed by atoms with Gasteiger partial charge in [0.2, 0.25) is 5.91 Å². The van der Waals surface area contributed by atoms with Crippen molar-refractivity contribution in [1.82, 2.24) is 0 Å². The molecule has 0 radical (unpaired) electrons. The van der Waals surface area contributed by atoms with Gasteiger partial charge in [-0.3, -0.25) is 4.79 Å². The highest BCUT2D eigenvalue weighted by Crippen LogP contribution is 2.24. The van der Waals surface area contributed by atoms with Crippen molar-refractivity contribution in [1.29, 1.82) is 0 Å². The van der Waals surface area contributed by atoms with Gasteiger partial charge in [0.25, 0.3) is 0 Å². The van der Waals surface area contributed by atoms with E-state index in [-0.39, 0.29) is 5.91 Å². The van der Waals surface area contributed by atoms with Gasteiger partial charge < -0.3 is 16.0 Å². The first-order valence-corrected chi connectivity index (χ1v) is 8.08. The van der Waals surface area contributed by atoms with Crippen molar-refractivity contribution in [3.8, 4) is 0 Å². The number of rotatable bonds is 5. The largest absolute Gasteiger partial charge is 0.384 e. The van der Waals surface area contributed by atoms with Gasteiger partial charge in [0.05, 0.1) is 0 Å². The zero-order valence-electron chi connectivity index (χ0n) is 13.5. The molecule has 1 amide bonds. The number of para-hydroxylation sites is 1. The van der Waals surface area contributed by atoms with Gasteiger partial charge in [-0.2, -0.15) is 0 Å². The van der Waals surface area contributed by atoms with Crippen molar-refractivity contribution in [2.75, 3.05) is 29.9 Å². The smallest absolute Gasteiger partial charge is 0.248 e. The lowest BCUT2D eigenvalue weighted by molar-refractivity contribution is 0.100. The molecule has 3 rings (SSSR count). The average Bonchev–Trinajstić information content (AvgIpc) is 3.03. The van der Waals surface area contributed by atoms with E-state index in [4.69, 9.17) is 5.73 Å². The number of nitrogens with zero attached hydrogens (tertiary/aromatic N) is 1. The van der Waals surface area contributed by atoms with Gasteiger partial charge in [0, 0.05) is 36.6 Å². The van der Waals surface area contributed by atoms with Crippen LogP contribution >= 0.6 is 0 Å². The molecule has 0 saturated carbocycles. The molecule has 3 N–H and O–H groups in total. The van der Waals surface area contributed by atoms with Crippen LogP contribution in [-0.2, 0) is 0 Å². The standard InChI is InChI=1S/C19H23N3O/c1-14-7-8-16(19(20)23)11-18(14)21-12-15-9-10-22(13-15)17-5-3-2-4-6-17/h2-8,11,15,21H,9-10,12-13H2,1H3,(H2,20,23). The van der Waals surface area contributed by atoms with E-state index in [1.165, 1.54) is 12.1 Å². The van der Waals surface area contributed by atoms with Gasteiger partial charge in [0.15, 0.2) is 0 Å². The minimum absolute atomic E-state index is 0.385. The Morgan fingerprint density at radius 1 is 1.26 bits per heavy atom. The summed E-state index contributed by atoms with van der Waals surface area (Å²) < 4.78 is 0. The summed E-state index contributed by atoms with van der Waals surface area (Å²) in [5, 5.41) is 3.49. The van der Waals surface area contributed by atoms with Crippen LogP contribution in [0.5, 0.6) is 0 Å². The number of aryl methyl sites for hydroxylation is 1. The third-order valence-corrected chi connectivity index (χ3v) is 4.51. The van der Waals surface area contributed by atoms with E-state index in [1.54, 1.807) is 6.07 Å². The Morgan fingerprint density at radius 2 is 2.04 bits per heavy atom. The SMILES string of the molecule is Cc1ccc(C(N)=O)cc1NCC1CCN(c2ccccc2)C1. The summed E-state index contributed by atoms with van der Waals surface area (Å²) in [5.41, 5.74) is 9.34. The van der Waals surface area contributed by atoms with Gasteiger partial charge in [-0.1, -0.05) is 24.3 Å². The second kappa shape index (κ2) is 6.73. The fraction of sp³-hybridized carbons (Fsp3) is 0.316. The molecule has 1 saturated heterocycles. The van der Waals surface area contributed by atoms with E-state index >= 15 is 0 Å². The van der Waals surface area contributed by atoms with Crippen molar-refractivity contribution in [2.45, 2.75) is 13.3 Å². The van der Waals surface area contributed by atoms with E-state index in [0.29, 0.717) is 11.5 Å². The molecule has 0 aliphatic carbocycles. The predicted octanol–water partition coefficient (Wildman–Crippen LogP) is 3.03. The molecule has 2 aromatic carbocycles. The number of amides is 1. The second-order valence-electron chi connectivity index (χ2n) is 6.21. The van der Waals surface area contributed by atoms with E-state index in [2.05, 4.69) is 34.5 Å². The summed E-state index contributed by atoms with van der Waals surface area (Å²) in [7, 11) is 0. The van der Waals surface area contributed by atoms with Crippen LogP contribution in [0.4, 0.5) is 11.4 Å². The van der Waals surface area contributed by atoms with Crippen LogP contribution in [0, 0.1) is 12.8 Å². The van der Waals surface area contributed by atoms with Gasteiger partial charge >= 0.3 is 0 Å². The van der Waals surface area contributed by atoms with Gasteiger partial charge in [0.1, 0.15) is 0 Å². The predicted molar refractivity (Wildman–Crippen MR) is 94.9 cm³/mol. The number of hydrogen-bond acceptors (Lipinski definition) is 3. The fourth-order valence-corrected chi connectivity index (χ4v) is 3.09. The number of nitrogens with one attached hydrogen (secondary N) is 1. The highest BCUT2D eigenvalue weighted by Gasteiger charge is 2.22. The molecule has 0 bridgehead atoms. The lowest BCUT2D eigenvalue weighted by Crippen LogP contribution is -2.22. The van der Waals surface area contributed by atoms with Crippen LogP contribution < -0.4 is 16.0 Å².